The van der Waals surface area contributed by atoms with Gasteiger partial charge in [0.2, 0.25) is 0 Å². The van der Waals surface area contributed by atoms with Crippen LogP contribution in [-0.2, 0) is 0 Å². The van der Waals surface area contributed by atoms with Gasteiger partial charge in [0.05, 0.1) is 54.2 Å². The Balaban J connectivity index is 1.63. The molecule has 0 saturated carbocycles. The molecule has 37 heavy (non-hydrogen) atoms. The first-order chi connectivity index (χ1) is 18.0. The summed E-state index contributed by atoms with van der Waals surface area (Å²) >= 11 is 6.37. The number of hydrogen-bond acceptors (Lipinski definition) is 6. The number of benzene rings is 3. The van der Waals surface area contributed by atoms with Crippen molar-refractivity contribution in [1.29, 1.82) is 0 Å². The van der Waals surface area contributed by atoms with Gasteiger partial charge in [0.25, 0.3) is 0 Å². The fourth-order valence-electron chi connectivity index (χ4n) is 4.49. The third-order valence-electron chi connectivity index (χ3n) is 6.61. The summed E-state index contributed by atoms with van der Waals surface area (Å²) in [5.74, 6) is 9.14. The average Bonchev–Trinajstić information content (AvgIpc) is 3.34. The lowest BCUT2D eigenvalue weighted by atomic mass is 10.1. The first-order valence-corrected chi connectivity index (χ1v) is 12.4. The molecule has 0 aliphatic carbocycles. The molecule has 1 N–H and O–H groups in total. The lowest BCUT2D eigenvalue weighted by Gasteiger charge is -2.34. The highest BCUT2D eigenvalue weighted by molar-refractivity contribution is 6.31. The van der Waals surface area contributed by atoms with Crippen LogP contribution in [0.4, 0.5) is 5.69 Å². The van der Waals surface area contributed by atoms with Crippen molar-refractivity contribution < 1.29 is 14.2 Å². The number of methoxy groups -OCH3 is 3. The van der Waals surface area contributed by atoms with Gasteiger partial charge in [-0.05, 0) is 37.4 Å². The summed E-state index contributed by atoms with van der Waals surface area (Å²) in [7, 11) is 6.98. The molecule has 0 unspecified atom stereocenters. The van der Waals surface area contributed by atoms with Crippen LogP contribution in [0.25, 0.3) is 22.4 Å². The Morgan fingerprint density at radius 2 is 1.51 bits per heavy atom. The van der Waals surface area contributed by atoms with Crippen molar-refractivity contribution in [3.63, 3.8) is 0 Å². The van der Waals surface area contributed by atoms with Gasteiger partial charge in [-0.25, -0.2) is 4.98 Å². The number of likely N-dealkylation sites (N-methyl/N-ethyl adjacent to an activating group) is 1. The third-order valence-corrected chi connectivity index (χ3v) is 6.94. The van der Waals surface area contributed by atoms with Crippen molar-refractivity contribution in [2.75, 3.05) is 59.5 Å². The number of rotatable bonds is 5. The molecule has 0 spiro atoms. The fourth-order valence-corrected chi connectivity index (χ4v) is 4.68. The molecule has 7 nitrogen and oxygen atoms in total. The second kappa shape index (κ2) is 10.6. The number of anilines is 1. The Kier molecular flexibility index (Phi) is 7.13. The van der Waals surface area contributed by atoms with E-state index in [9.17, 15) is 0 Å². The molecule has 190 valence electrons. The van der Waals surface area contributed by atoms with Gasteiger partial charge >= 0.3 is 0 Å². The van der Waals surface area contributed by atoms with Gasteiger partial charge < -0.3 is 29.0 Å². The third kappa shape index (κ3) is 5.04. The molecular weight excluding hydrogens is 488 g/mol. The molecule has 0 atom stereocenters. The van der Waals surface area contributed by atoms with Crippen molar-refractivity contribution in [3.05, 3.63) is 64.7 Å². The van der Waals surface area contributed by atoms with Crippen molar-refractivity contribution in [2.24, 2.45) is 0 Å². The summed E-state index contributed by atoms with van der Waals surface area (Å²) in [6.45, 7) is 3.82. The molecule has 1 aliphatic rings. The van der Waals surface area contributed by atoms with E-state index < -0.39 is 0 Å². The molecule has 0 bridgehead atoms. The predicted molar refractivity (Wildman–Crippen MR) is 148 cm³/mol. The van der Waals surface area contributed by atoms with Crippen LogP contribution < -0.4 is 19.1 Å². The number of fused-ring (bicyclic) bond motifs is 1. The Bertz CT molecular complexity index is 1500. The highest BCUT2D eigenvalue weighted by Crippen LogP contribution is 2.40. The zero-order chi connectivity index (χ0) is 25.9. The summed E-state index contributed by atoms with van der Waals surface area (Å²) in [6.07, 6.45) is 0. The summed E-state index contributed by atoms with van der Waals surface area (Å²) in [4.78, 5) is 13.1. The van der Waals surface area contributed by atoms with Gasteiger partial charge in [-0.15, -0.1) is 0 Å². The minimum Gasteiger partial charge on any atom is -0.496 e. The maximum atomic E-state index is 6.37. The number of halogens is 1. The van der Waals surface area contributed by atoms with Crippen LogP contribution in [0.3, 0.4) is 0 Å². The Labute approximate surface area is 221 Å². The van der Waals surface area contributed by atoms with Crippen LogP contribution in [0.1, 0.15) is 11.1 Å². The number of imidazole rings is 1. The van der Waals surface area contributed by atoms with E-state index in [0.29, 0.717) is 28.1 Å². The monoisotopic (exact) mass is 516 g/mol. The summed E-state index contributed by atoms with van der Waals surface area (Å²) < 4.78 is 16.6. The van der Waals surface area contributed by atoms with Gasteiger partial charge in [-0.2, -0.15) is 0 Å². The number of hydrogen-bond donors (Lipinski definition) is 1. The molecule has 3 aromatic carbocycles. The normalized spacial score (nSPS) is 13.8. The summed E-state index contributed by atoms with van der Waals surface area (Å²) in [5.41, 5.74) is 5.30. The number of H-pyrrole nitrogens is 1. The Morgan fingerprint density at radius 1 is 0.838 bits per heavy atom. The number of nitrogens with zero attached hydrogens (tertiary/aromatic N) is 3. The second-order valence-electron chi connectivity index (χ2n) is 8.90. The SMILES string of the molecule is COc1cc(OC)c(-c2nc3cc(N4CCN(C)CC4)c(C#Cc4ccccc4Cl)cc3[nH]2)cc1OC. The van der Waals surface area contributed by atoms with Crippen LogP contribution in [0.2, 0.25) is 5.02 Å². The minimum atomic E-state index is 0.591. The van der Waals surface area contributed by atoms with E-state index in [-0.39, 0.29) is 0 Å². The topological polar surface area (TPSA) is 62.9 Å². The molecule has 1 aliphatic heterocycles. The Morgan fingerprint density at radius 3 is 2.22 bits per heavy atom. The maximum Gasteiger partial charge on any atom is 0.164 e. The molecule has 8 heteroatoms. The first kappa shape index (κ1) is 24.8. The fraction of sp³-hybridized carbons (Fsp3) is 0.276. The quantitative estimate of drug-likeness (QED) is 0.374. The van der Waals surface area contributed by atoms with E-state index in [2.05, 4.69) is 45.8 Å². The molecular formula is C29H29ClN4O3. The maximum absolute atomic E-state index is 6.37. The molecule has 5 rings (SSSR count). The van der Waals surface area contributed by atoms with Gasteiger partial charge in [-0.3, -0.25) is 0 Å². The number of aromatic nitrogens is 2. The Hall–Kier alpha value is -3.86. The van der Waals surface area contributed by atoms with Crippen molar-refractivity contribution in [3.8, 4) is 40.5 Å². The van der Waals surface area contributed by atoms with E-state index in [1.807, 2.05) is 30.3 Å². The van der Waals surface area contributed by atoms with Crippen molar-refractivity contribution >= 4 is 28.3 Å². The zero-order valence-corrected chi connectivity index (χ0v) is 22.1. The zero-order valence-electron chi connectivity index (χ0n) is 21.4. The van der Waals surface area contributed by atoms with Crippen LogP contribution in [0.5, 0.6) is 17.2 Å². The molecule has 1 aromatic heterocycles. The molecule has 0 radical (unpaired) electrons. The number of piperazine rings is 1. The first-order valence-electron chi connectivity index (χ1n) is 12.0. The van der Waals surface area contributed by atoms with E-state index in [0.717, 1.165) is 59.6 Å². The summed E-state index contributed by atoms with van der Waals surface area (Å²) in [5, 5.41) is 0.640. The van der Waals surface area contributed by atoms with Gasteiger partial charge in [0.15, 0.2) is 11.5 Å². The lowest BCUT2D eigenvalue weighted by molar-refractivity contribution is 0.313. The van der Waals surface area contributed by atoms with E-state index in [1.54, 1.807) is 27.4 Å². The molecule has 0 amide bonds. The molecule has 4 aromatic rings. The van der Waals surface area contributed by atoms with E-state index >= 15 is 0 Å². The molecule has 1 saturated heterocycles. The second-order valence-corrected chi connectivity index (χ2v) is 9.31. The number of aromatic amines is 1. The van der Waals surface area contributed by atoms with Crippen molar-refractivity contribution in [2.45, 2.75) is 0 Å². The smallest absolute Gasteiger partial charge is 0.164 e. The van der Waals surface area contributed by atoms with E-state index in [4.69, 9.17) is 30.8 Å². The summed E-state index contributed by atoms with van der Waals surface area (Å²) in [6, 6.07) is 15.5. The standard InChI is InChI=1S/C29H29ClN4O3/c1-33-11-13-34(14-12-33)25-17-24-23(15-20(25)10-9-19-7-5-6-8-22(19)30)31-29(32-24)21-16-27(36-3)28(37-4)18-26(21)35-2/h5-8,15-18H,11-14H2,1-4H3,(H,31,32). The number of ether oxygens (including phenoxy) is 3. The molecule has 2 heterocycles. The highest BCUT2D eigenvalue weighted by atomic mass is 35.5. The highest BCUT2D eigenvalue weighted by Gasteiger charge is 2.20. The lowest BCUT2D eigenvalue weighted by Crippen LogP contribution is -2.44. The van der Waals surface area contributed by atoms with Gasteiger partial charge in [0.1, 0.15) is 11.6 Å². The van der Waals surface area contributed by atoms with Gasteiger partial charge in [-0.1, -0.05) is 35.6 Å². The largest absolute Gasteiger partial charge is 0.496 e. The van der Waals surface area contributed by atoms with Crippen molar-refractivity contribution in [1.82, 2.24) is 14.9 Å². The number of nitrogens with one attached hydrogen (secondary N) is 1. The van der Waals surface area contributed by atoms with Crippen LogP contribution >= 0.6 is 11.6 Å². The predicted octanol–water partition coefficient (Wildman–Crippen LogP) is 5.06. The van der Waals surface area contributed by atoms with Crippen LogP contribution in [0, 0.1) is 11.8 Å². The van der Waals surface area contributed by atoms with Crippen LogP contribution in [0.15, 0.2) is 48.5 Å². The minimum absolute atomic E-state index is 0.591. The van der Waals surface area contributed by atoms with Crippen LogP contribution in [-0.4, -0.2) is 69.4 Å². The van der Waals surface area contributed by atoms with Gasteiger partial charge in [0, 0.05) is 37.8 Å². The van der Waals surface area contributed by atoms with E-state index in [1.165, 1.54) is 0 Å². The average molecular weight is 517 g/mol. The molecule has 1 fully saturated rings.